The van der Waals surface area contributed by atoms with E-state index in [1.807, 2.05) is 32.0 Å². The van der Waals surface area contributed by atoms with E-state index >= 15 is 0 Å². The van der Waals surface area contributed by atoms with Crippen LogP contribution in [0.3, 0.4) is 0 Å². The molecule has 39 heavy (non-hydrogen) atoms. The van der Waals surface area contributed by atoms with Crippen LogP contribution in [-0.4, -0.2) is 64.8 Å². The smallest absolute Gasteiger partial charge is 0.271 e. The molecule has 3 unspecified atom stereocenters. The number of nitrogens with zero attached hydrogens (tertiary/aromatic N) is 1. The molecule has 3 heterocycles. The molecular formula is C29H39N5O5. The molecule has 1 aromatic carbocycles. The molecule has 1 aliphatic carbocycles. The number of methoxy groups -OCH3 is 1. The van der Waals surface area contributed by atoms with Crippen molar-refractivity contribution >= 4 is 34.5 Å². The molecule has 2 aliphatic heterocycles. The van der Waals surface area contributed by atoms with Gasteiger partial charge in [0.25, 0.3) is 5.91 Å². The van der Waals surface area contributed by atoms with Gasteiger partial charge >= 0.3 is 0 Å². The van der Waals surface area contributed by atoms with Gasteiger partial charge in [0.15, 0.2) is 0 Å². The maximum absolute atomic E-state index is 13.9. The Kier molecular flexibility index (Phi) is 7.07. The average molecular weight is 538 g/mol. The third-order valence-corrected chi connectivity index (χ3v) is 8.83. The summed E-state index contributed by atoms with van der Waals surface area (Å²) in [6.45, 7) is 4.33. The topological polar surface area (TPSA) is 147 Å². The lowest BCUT2D eigenvalue weighted by molar-refractivity contribution is -0.131. The zero-order chi connectivity index (χ0) is 27.9. The van der Waals surface area contributed by atoms with E-state index in [1.165, 1.54) is 0 Å². The Bertz CT molecular complexity index is 1290. The summed E-state index contributed by atoms with van der Waals surface area (Å²) in [6.07, 6.45) is 6.41. The van der Waals surface area contributed by atoms with Gasteiger partial charge in [-0.2, -0.15) is 0 Å². The number of ether oxygens (including phenoxy) is 1. The van der Waals surface area contributed by atoms with Crippen LogP contribution in [0.5, 0.6) is 5.75 Å². The third-order valence-electron chi connectivity index (χ3n) is 8.83. The van der Waals surface area contributed by atoms with Crippen molar-refractivity contribution < 1.29 is 23.9 Å². The van der Waals surface area contributed by atoms with Crippen LogP contribution in [-0.2, 0) is 14.4 Å². The molecule has 0 radical (unpaired) electrons. The summed E-state index contributed by atoms with van der Waals surface area (Å²) in [5, 5.41) is 6.54. The van der Waals surface area contributed by atoms with Crippen LogP contribution in [0.2, 0.25) is 0 Å². The Morgan fingerprint density at radius 2 is 1.92 bits per heavy atom. The van der Waals surface area contributed by atoms with Crippen LogP contribution < -0.4 is 21.1 Å². The van der Waals surface area contributed by atoms with Crippen LogP contribution in [0.4, 0.5) is 0 Å². The Labute approximate surface area is 228 Å². The van der Waals surface area contributed by atoms with Crippen molar-refractivity contribution in [1.82, 2.24) is 20.5 Å². The van der Waals surface area contributed by atoms with Gasteiger partial charge in [0.1, 0.15) is 23.5 Å². The molecule has 210 valence electrons. The lowest BCUT2D eigenvalue weighted by atomic mass is 9.72. The van der Waals surface area contributed by atoms with E-state index in [0.717, 1.165) is 43.0 Å². The zero-order valence-corrected chi connectivity index (χ0v) is 23.0. The molecular weight excluding hydrogens is 498 g/mol. The molecule has 2 aromatic rings. The quantitative estimate of drug-likeness (QED) is 0.429. The predicted octanol–water partition coefficient (Wildman–Crippen LogP) is 2.62. The number of hydrogen-bond acceptors (Lipinski definition) is 5. The van der Waals surface area contributed by atoms with E-state index in [9.17, 15) is 19.2 Å². The minimum atomic E-state index is -1.00. The fourth-order valence-corrected chi connectivity index (χ4v) is 6.93. The van der Waals surface area contributed by atoms with E-state index in [4.69, 9.17) is 10.5 Å². The normalized spacial score (nSPS) is 24.5. The number of aromatic amines is 1. The number of nitrogens with one attached hydrogen (secondary N) is 3. The Hall–Kier alpha value is -3.56. The SMILES string of the molecule is COc1cccc2[nH]c(C(=O)N3CC4(CCCCC4)CC3C(=O)NC(CC3CC(C)(C)NC3=O)C(N)=O)cc12. The van der Waals surface area contributed by atoms with Crippen LogP contribution in [0.1, 0.15) is 75.7 Å². The number of benzene rings is 1. The van der Waals surface area contributed by atoms with Gasteiger partial charge in [0, 0.05) is 28.9 Å². The highest BCUT2D eigenvalue weighted by Gasteiger charge is 2.50. The molecule has 1 saturated carbocycles. The highest BCUT2D eigenvalue weighted by molar-refractivity contribution is 6.02. The lowest BCUT2D eigenvalue weighted by Crippen LogP contribution is -2.53. The summed E-state index contributed by atoms with van der Waals surface area (Å²) in [4.78, 5) is 57.3. The van der Waals surface area contributed by atoms with Crippen molar-refractivity contribution in [2.24, 2.45) is 17.1 Å². The number of amides is 4. The number of fused-ring (bicyclic) bond motifs is 1. The van der Waals surface area contributed by atoms with E-state index in [1.54, 1.807) is 18.1 Å². The second kappa shape index (κ2) is 10.2. The largest absolute Gasteiger partial charge is 0.496 e. The van der Waals surface area contributed by atoms with Gasteiger partial charge in [0.05, 0.1) is 7.11 Å². The fraction of sp³-hybridized carbons (Fsp3) is 0.586. The number of primary amides is 1. The molecule has 3 fully saturated rings. The fourth-order valence-electron chi connectivity index (χ4n) is 6.93. The Balaban J connectivity index is 1.39. The minimum Gasteiger partial charge on any atom is -0.496 e. The van der Waals surface area contributed by atoms with Crippen molar-refractivity contribution in [3.8, 4) is 5.75 Å². The number of carbonyl (C=O) groups is 4. The Morgan fingerprint density at radius 1 is 1.18 bits per heavy atom. The number of aromatic nitrogens is 1. The number of rotatable bonds is 7. The first kappa shape index (κ1) is 27.0. The number of nitrogens with two attached hydrogens (primary N) is 1. The van der Waals surface area contributed by atoms with Gasteiger partial charge in [-0.25, -0.2) is 0 Å². The molecule has 2 saturated heterocycles. The lowest BCUT2D eigenvalue weighted by Gasteiger charge is -2.32. The second-order valence-corrected chi connectivity index (χ2v) is 12.3. The summed E-state index contributed by atoms with van der Waals surface area (Å²) < 4.78 is 5.46. The number of likely N-dealkylation sites (tertiary alicyclic amines) is 1. The number of hydrogen-bond donors (Lipinski definition) is 4. The molecule has 3 aliphatic rings. The molecule has 5 rings (SSSR count). The maximum Gasteiger partial charge on any atom is 0.271 e. The van der Waals surface area contributed by atoms with E-state index in [2.05, 4.69) is 15.6 Å². The van der Waals surface area contributed by atoms with Crippen molar-refractivity contribution in [3.63, 3.8) is 0 Å². The highest BCUT2D eigenvalue weighted by Crippen LogP contribution is 2.47. The molecule has 5 N–H and O–H groups in total. The predicted molar refractivity (Wildman–Crippen MR) is 146 cm³/mol. The first-order chi connectivity index (χ1) is 18.5. The minimum absolute atomic E-state index is 0.128. The molecule has 10 nitrogen and oxygen atoms in total. The number of carbonyl (C=O) groups excluding carboxylic acids is 4. The standard InChI is InChI=1S/C29H39N5O5/c1-28(2)14-17(25(36)33-28)12-20(24(30)35)32-26(37)22-15-29(10-5-4-6-11-29)16-34(22)27(38)21-13-18-19(31-21)8-7-9-23(18)39-3/h7-9,13,17,20,22,31H,4-6,10-12,14-16H2,1-3H3,(H2,30,35)(H,32,37)(H,33,36). The van der Waals surface area contributed by atoms with Crippen molar-refractivity contribution in [1.29, 1.82) is 0 Å². The van der Waals surface area contributed by atoms with Crippen LogP contribution in [0, 0.1) is 11.3 Å². The van der Waals surface area contributed by atoms with Crippen LogP contribution in [0.15, 0.2) is 24.3 Å². The van der Waals surface area contributed by atoms with E-state index in [0.29, 0.717) is 30.8 Å². The van der Waals surface area contributed by atoms with Gasteiger partial charge in [-0.1, -0.05) is 25.3 Å². The second-order valence-electron chi connectivity index (χ2n) is 12.3. The van der Waals surface area contributed by atoms with Gasteiger partial charge in [-0.05, 0) is 69.6 Å². The highest BCUT2D eigenvalue weighted by atomic mass is 16.5. The van der Waals surface area contributed by atoms with Gasteiger partial charge in [-0.3, -0.25) is 19.2 Å². The van der Waals surface area contributed by atoms with Crippen LogP contribution >= 0.6 is 0 Å². The molecule has 1 aromatic heterocycles. The monoisotopic (exact) mass is 537 g/mol. The van der Waals surface area contributed by atoms with Gasteiger partial charge in [0.2, 0.25) is 17.7 Å². The molecule has 10 heteroatoms. The van der Waals surface area contributed by atoms with Crippen molar-refractivity contribution in [2.45, 2.75) is 82.8 Å². The summed E-state index contributed by atoms with van der Waals surface area (Å²) in [6, 6.07) is 5.60. The number of H-pyrrole nitrogens is 1. The third kappa shape index (κ3) is 5.33. The average Bonchev–Trinajstić information content (AvgIpc) is 3.56. The molecule has 1 spiro atoms. The summed E-state index contributed by atoms with van der Waals surface area (Å²) >= 11 is 0. The molecule has 4 amide bonds. The van der Waals surface area contributed by atoms with Gasteiger partial charge < -0.3 is 31.0 Å². The first-order valence-electron chi connectivity index (χ1n) is 13.9. The van der Waals surface area contributed by atoms with Gasteiger partial charge in [-0.15, -0.1) is 0 Å². The summed E-state index contributed by atoms with van der Waals surface area (Å²) in [5.74, 6) is -1.26. The van der Waals surface area contributed by atoms with E-state index < -0.39 is 29.8 Å². The summed E-state index contributed by atoms with van der Waals surface area (Å²) in [5.41, 5.74) is 6.34. The zero-order valence-electron chi connectivity index (χ0n) is 23.0. The van der Waals surface area contributed by atoms with E-state index in [-0.39, 0.29) is 29.2 Å². The molecule has 0 bridgehead atoms. The van der Waals surface area contributed by atoms with Crippen molar-refractivity contribution in [3.05, 3.63) is 30.0 Å². The Morgan fingerprint density at radius 3 is 2.56 bits per heavy atom. The van der Waals surface area contributed by atoms with Crippen LogP contribution in [0.25, 0.3) is 10.9 Å². The van der Waals surface area contributed by atoms with Crippen molar-refractivity contribution in [2.75, 3.05) is 13.7 Å². The summed E-state index contributed by atoms with van der Waals surface area (Å²) in [7, 11) is 1.59. The maximum atomic E-state index is 13.9. The molecule has 3 atom stereocenters. The first-order valence-corrected chi connectivity index (χ1v) is 13.9.